The molecule has 0 aliphatic rings. The fourth-order valence-corrected chi connectivity index (χ4v) is 2.73. The van der Waals surface area contributed by atoms with Gasteiger partial charge in [0, 0.05) is 16.8 Å². The predicted molar refractivity (Wildman–Crippen MR) is 70.1 cm³/mol. The van der Waals surface area contributed by atoms with Crippen LogP contribution in [0.15, 0.2) is 22.7 Å². The highest BCUT2D eigenvalue weighted by Crippen LogP contribution is 2.17. The van der Waals surface area contributed by atoms with Gasteiger partial charge in [-0.2, -0.15) is 0 Å². The fourth-order valence-electron chi connectivity index (χ4n) is 1.48. The molecule has 1 aromatic rings. The quantitative estimate of drug-likeness (QED) is 0.920. The van der Waals surface area contributed by atoms with Crippen LogP contribution >= 0.6 is 15.9 Å². The molecule has 1 aromatic carbocycles. The smallest absolute Gasteiger partial charge is 0.151 e. The summed E-state index contributed by atoms with van der Waals surface area (Å²) in [5, 5.41) is -0.649. The van der Waals surface area contributed by atoms with Crippen LogP contribution in [-0.2, 0) is 16.3 Å². The van der Waals surface area contributed by atoms with Gasteiger partial charge in [-0.1, -0.05) is 15.9 Å². The Morgan fingerprint density at radius 3 is 2.47 bits per heavy atom. The minimum atomic E-state index is -3.17. The van der Waals surface area contributed by atoms with E-state index in [0.29, 0.717) is 16.5 Å². The second-order valence-electron chi connectivity index (χ2n) is 4.18. The predicted octanol–water partition coefficient (Wildman–Crippen LogP) is 1.89. The molecule has 2 unspecified atom stereocenters. The van der Waals surface area contributed by atoms with Crippen LogP contribution in [0.3, 0.4) is 0 Å². The van der Waals surface area contributed by atoms with E-state index in [1.165, 1.54) is 12.1 Å². The molecule has 0 bridgehead atoms. The van der Waals surface area contributed by atoms with Crippen LogP contribution in [0.1, 0.15) is 12.5 Å². The molecular formula is C11H15BrFNO2S. The van der Waals surface area contributed by atoms with Gasteiger partial charge in [-0.25, -0.2) is 12.8 Å². The van der Waals surface area contributed by atoms with Crippen LogP contribution < -0.4 is 5.73 Å². The van der Waals surface area contributed by atoms with Gasteiger partial charge < -0.3 is 5.73 Å². The third-order valence-corrected chi connectivity index (χ3v) is 4.83. The Bertz CT molecular complexity index is 484. The van der Waals surface area contributed by atoms with E-state index >= 15 is 0 Å². The van der Waals surface area contributed by atoms with Crippen molar-refractivity contribution in [3.63, 3.8) is 0 Å². The van der Waals surface area contributed by atoms with E-state index in [-0.39, 0.29) is 5.82 Å². The standard InChI is InChI=1S/C11H15BrFNO2S/c1-7(17(2,15)16)11(14)5-8-3-9(12)6-10(13)4-8/h3-4,6-7,11H,5,14H2,1-2H3. The average Bonchev–Trinajstić information content (AvgIpc) is 2.13. The molecule has 0 heterocycles. The molecule has 6 heteroatoms. The molecule has 3 nitrogen and oxygen atoms in total. The zero-order chi connectivity index (χ0) is 13.2. The van der Waals surface area contributed by atoms with E-state index in [2.05, 4.69) is 15.9 Å². The highest BCUT2D eigenvalue weighted by atomic mass is 79.9. The molecular weight excluding hydrogens is 309 g/mol. The maximum Gasteiger partial charge on any atom is 0.151 e. The number of halogens is 2. The summed E-state index contributed by atoms with van der Waals surface area (Å²) in [6.45, 7) is 1.56. The molecule has 0 aliphatic carbocycles. The van der Waals surface area contributed by atoms with Crippen LogP contribution in [0.2, 0.25) is 0 Å². The van der Waals surface area contributed by atoms with E-state index < -0.39 is 21.1 Å². The molecule has 0 fully saturated rings. The Kier molecular flexibility index (Phi) is 4.69. The van der Waals surface area contributed by atoms with Crippen molar-refractivity contribution in [2.75, 3.05) is 6.26 Å². The maximum absolute atomic E-state index is 13.1. The van der Waals surface area contributed by atoms with E-state index in [1.807, 2.05) is 0 Å². The number of sulfone groups is 1. The van der Waals surface area contributed by atoms with Crippen LogP contribution in [-0.4, -0.2) is 26.0 Å². The molecule has 0 aliphatic heterocycles. The van der Waals surface area contributed by atoms with Crippen LogP contribution in [0, 0.1) is 5.82 Å². The first-order valence-corrected chi connectivity index (χ1v) is 7.84. The zero-order valence-corrected chi connectivity index (χ0v) is 12.1. The van der Waals surface area contributed by atoms with Crippen molar-refractivity contribution in [1.29, 1.82) is 0 Å². The highest BCUT2D eigenvalue weighted by molar-refractivity contribution is 9.10. The summed E-state index contributed by atoms with van der Waals surface area (Å²) in [6, 6.07) is 3.89. The molecule has 0 radical (unpaired) electrons. The van der Waals surface area contributed by atoms with E-state index in [0.717, 1.165) is 6.26 Å². The summed E-state index contributed by atoms with van der Waals surface area (Å²) < 4.78 is 36.4. The van der Waals surface area contributed by atoms with Crippen molar-refractivity contribution in [2.24, 2.45) is 5.73 Å². The van der Waals surface area contributed by atoms with Crippen molar-refractivity contribution >= 4 is 25.8 Å². The molecule has 2 N–H and O–H groups in total. The largest absolute Gasteiger partial charge is 0.326 e. The van der Waals surface area contributed by atoms with E-state index in [4.69, 9.17) is 5.73 Å². The van der Waals surface area contributed by atoms with Crippen molar-refractivity contribution < 1.29 is 12.8 Å². The van der Waals surface area contributed by atoms with Crippen LogP contribution in [0.5, 0.6) is 0 Å². The third kappa shape index (κ3) is 4.37. The second-order valence-corrected chi connectivity index (χ2v) is 7.50. The maximum atomic E-state index is 13.1. The summed E-state index contributed by atoms with van der Waals surface area (Å²) in [4.78, 5) is 0. The van der Waals surface area contributed by atoms with Crippen molar-refractivity contribution in [3.8, 4) is 0 Å². The van der Waals surface area contributed by atoms with Gasteiger partial charge in [0.05, 0.1) is 5.25 Å². The lowest BCUT2D eigenvalue weighted by molar-refractivity contribution is 0.560. The first kappa shape index (κ1) is 14.6. The summed E-state index contributed by atoms with van der Waals surface area (Å²) in [7, 11) is -3.17. The van der Waals surface area contributed by atoms with Crippen LogP contribution in [0.25, 0.3) is 0 Å². The molecule has 0 saturated carbocycles. The monoisotopic (exact) mass is 323 g/mol. The van der Waals surface area contributed by atoms with Gasteiger partial charge in [0.25, 0.3) is 0 Å². The topological polar surface area (TPSA) is 60.2 Å². The van der Waals surface area contributed by atoms with Gasteiger partial charge in [0.15, 0.2) is 9.84 Å². The summed E-state index contributed by atoms with van der Waals surface area (Å²) in [5.41, 5.74) is 6.50. The Morgan fingerprint density at radius 2 is 2.00 bits per heavy atom. The number of rotatable bonds is 4. The minimum absolute atomic E-state index is 0.324. The Hall–Kier alpha value is -0.460. The molecule has 0 spiro atoms. The Morgan fingerprint density at radius 1 is 1.41 bits per heavy atom. The van der Waals surface area contributed by atoms with Gasteiger partial charge in [0.2, 0.25) is 0 Å². The highest BCUT2D eigenvalue weighted by Gasteiger charge is 2.23. The molecule has 0 amide bonds. The van der Waals surface area contributed by atoms with E-state index in [1.54, 1.807) is 13.0 Å². The van der Waals surface area contributed by atoms with Gasteiger partial charge in [-0.15, -0.1) is 0 Å². The average molecular weight is 324 g/mol. The van der Waals surface area contributed by atoms with E-state index in [9.17, 15) is 12.8 Å². The molecule has 2 atom stereocenters. The molecule has 96 valence electrons. The lowest BCUT2D eigenvalue weighted by Gasteiger charge is -2.18. The minimum Gasteiger partial charge on any atom is -0.326 e. The van der Waals surface area contributed by atoms with Gasteiger partial charge in [0.1, 0.15) is 5.82 Å². The lowest BCUT2D eigenvalue weighted by atomic mass is 10.0. The number of hydrogen-bond donors (Lipinski definition) is 1. The third-order valence-electron chi connectivity index (χ3n) is 2.67. The number of benzene rings is 1. The van der Waals surface area contributed by atoms with Crippen molar-refractivity contribution in [1.82, 2.24) is 0 Å². The second kappa shape index (κ2) is 5.46. The van der Waals surface area contributed by atoms with Crippen molar-refractivity contribution in [2.45, 2.75) is 24.6 Å². The molecule has 0 aromatic heterocycles. The first-order chi connectivity index (χ1) is 7.70. The normalized spacial score (nSPS) is 15.6. The lowest BCUT2D eigenvalue weighted by Crippen LogP contribution is -2.39. The molecule has 0 saturated heterocycles. The van der Waals surface area contributed by atoms with Gasteiger partial charge in [-0.3, -0.25) is 0 Å². The van der Waals surface area contributed by atoms with Gasteiger partial charge >= 0.3 is 0 Å². The summed E-state index contributed by atoms with van der Waals surface area (Å²) in [5.74, 6) is -0.367. The summed E-state index contributed by atoms with van der Waals surface area (Å²) >= 11 is 3.18. The SMILES string of the molecule is CC(C(N)Cc1cc(F)cc(Br)c1)S(C)(=O)=O. The zero-order valence-electron chi connectivity index (χ0n) is 9.65. The first-order valence-electron chi connectivity index (χ1n) is 5.09. The molecule has 1 rings (SSSR count). The molecule has 17 heavy (non-hydrogen) atoms. The summed E-state index contributed by atoms with van der Waals surface area (Å²) in [6.07, 6.45) is 1.48. The number of nitrogens with two attached hydrogens (primary N) is 1. The Labute approximate surface area is 109 Å². The van der Waals surface area contributed by atoms with Gasteiger partial charge in [-0.05, 0) is 37.1 Å². The number of hydrogen-bond acceptors (Lipinski definition) is 3. The Balaban J connectivity index is 2.84. The van der Waals surface area contributed by atoms with Crippen molar-refractivity contribution in [3.05, 3.63) is 34.1 Å². The fraction of sp³-hybridized carbons (Fsp3) is 0.455. The van der Waals surface area contributed by atoms with Crippen LogP contribution in [0.4, 0.5) is 4.39 Å².